The van der Waals surface area contributed by atoms with E-state index in [1.165, 1.54) is 25.7 Å². The Morgan fingerprint density at radius 1 is 1.37 bits per heavy atom. The Morgan fingerprint density at radius 3 is 2.42 bits per heavy atom. The fourth-order valence-corrected chi connectivity index (χ4v) is 2.46. The molecule has 0 saturated heterocycles. The molecule has 0 radical (unpaired) electrons. The fraction of sp³-hybridized carbons (Fsp3) is 0.857. The average molecular weight is 270 g/mol. The Morgan fingerprint density at radius 2 is 1.95 bits per heavy atom. The zero-order chi connectivity index (χ0) is 14.5. The quantitative estimate of drug-likeness (QED) is 0.693. The fourth-order valence-electron chi connectivity index (χ4n) is 2.46. The van der Waals surface area contributed by atoms with E-state index in [0.717, 1.165) is 0 Å². The minimum atomic E-state index is -0.895. The average Bonchev–Trinajstić information content (AvgIpc) is 2.89. The lowest BCUT2D eigenvalue weighted by Crippen LogP contribution is -2.48. The van der Waals surface area contributed by atoms with Gasteiger partial charge in [-0.15, -0.1) is 0 Å². The third kappa shape index (κ3) is 4.40. The van der Waals surface area contributed by atoms with Crippen LogP contribution in [0.4, 0.5) is 4.79 Å². The van der Waals surface area contributed by atoms with Crippen molar-refractivity contribution >= 4 is 12.0 Å². The number of carbonyl (C=O) groups excluding carboxylic acids is 1. The molecular formula is C14H26N2O3. The topological polar surface area (TPSA) is 78.4 Å². The molecule has 3 N–H and O–H groups in total. The monoisotopic (exact) mass is 270 g/mol. The molecule has 110 valence electrons. The van der Waals surface area contributed by atoms with Crippen molar-refractivity contribution in [2.75, 3.05) is 6.54 Å². The predicted molar refractivity (Wildman–Crippen MR) is 74.0 cm³/mol. The van der Waals surface area contributed by atoms with Gasteiger partial charge in [-0.25, -0.2) is 4.79 Å². The molecule has 0 aromatic carbocycles. The molecule has 5 heteroatoms. The maximum atomic E-state index is 11.8. The van der Waals surface area contributed by atoms with Crippen LogP contribution in [-0.4, -0.2) is 29.7 Å². The van der Waals surface area contributed by atoms with Gasteiger partial charge in [0.05, 0.1) is 5.41 Å². The molecule has 2 unspecified atom stereocenters. The summed E-state index contributed by atoms with van der Waals surface area (Å²) in [5.74, 6) is -0.318. The lowest BCUT2D eigenvalue weighted by molar-refractivity contribution is -0.147. The van der Waals surface area contributed by atoms with Gasteiger partial charge in [-0.05, 0) is 39.0 Å². The molecule has 2 atom stereocenters. The summed E-state index contributed by atoms with van der Waals surface area (Å²) >= 11 is 0. The molecule has 0 heterocycles. The van der Waals surface area contributed by atoms with E-state index >= 15 is 0 Å². The van der Waals surface area contributed by atoms with Crippen LogP contribution in [0.1, 0.15) is 52.9 Å². The third-order valence-corrected chi connectivity index (χ3v) is 4.40. The van der Waals surface area contributed by atoms with Gasteiger partial charge in [0.1, 0.15) is 0 Å². The van der Waals surface area contributed by atoms with Crippen molar-refractivity contribution in [3.05, 3.63) is 0 Å². The van der Waals surface area contributed by atoms with Gasteiger partial charge in [-0.1, -0.05) is 19.8 Å². The van der Waals surface area contributed by atoms with E-state index in [1.54, 1.807) is 6.92 Å². The van der Waals surface area contributed by atoms with Gasteiger partial charge in [-0.2, -0.15) is 0 Å². The number of hydrogen-bond acceptors (Lipinski definition) is 2. The molecule has 5 nitrogen and oxygen atoms in total. The molecule has 0 aromatic heterocycles. The summed E-state index contributed by atoms with van der Waals surface area (Å²) < 4.78 is 0. The van der Waals surface area contributed by atoms with E-state index in [-0.39, 0.29) is 18.6 Å². The van der Waals surface area contributed by atoms with E-state index < -0.39 is 11.4 Å². The zero-order valence-corrected chi connectivity index (χ0v) is 12.2. The second kappa shape index (κ2) is 6.78. The third-order valence-electron chi connectivity index (χ3n) is 4.40. The van der Waals surface area contributed by atoms with Gasteiger partial charge < -0.3 is 15.7 Å². The van der Waals surface area contributed by atoms with Crippen LogP contribution in [0.25, 0.3) is 0 Å². The van der Waals surface area contributed by atoms with E-state index in [9.17, 15) is 9.59 Å². The largest absolute Gasteiger partial charge is 0.481 e. The first-order valence-corrected chi connectivity index (χ1v) is 7.17. The Balaban J connectivity index is 2.36. The highest BCUT2D eigenvalue weighted by Gasteiger charge is 2.31. The van der Waals surface area contributed by atoms with Gasteiger partial charge in [0, 0.05) is 12.6 Å². The molecule has 1 fully saturated rings. The summed E-state index contributed by atoms with van der Waals surface area (Å²) in [6.45, 7) is 5.64. The van der Waals surface area contributed by atoms with Crippen molar-refractivity contribution < 1.29 is 14.7 Å². The van der Waals surface area contributed by atoms with Gasteiger partial charge in [-0.3, -0.25) is 4.79 Å². The summed E-state index contributed by atoms with van der Waals surface area (Å²) in [4.78, 5) is 22.9. The van der Waals surface area contributed by atoms with Crippen molar-refractivity contribution in [2.45, 2.75) is 58.9 Å². The van der Waals surface area contributed by atoms with Crippen LogP contribution in [0.5, 0.6) is 0 Å². The number of carboxylic acid groups (broad SMARTS) is 1. The molecule has 1 rings (SSSR count). The summed E-state index contributed by atoms with van der Waals surface area (Å²) in [5, 5.41) is 14.7. The van der Waals surface area contributed by atoms with Crippen LogP contribution in [0.2, 0.25) is 0 Å². The number of aliphatic carboxylic acids is 1. The normalized spacial score (nSPS) is 20.6. The molecule has 1 saturated carbocycles. The van der Waals surface area contributed by atoms with Crippen LogP contribution >= 0.6 is 0 Å². The number of carboxylic acids is 1. The van der Waals surface area contributed by atoms with Crippen LogP contribution < -0.4 is 10.6 Å². The standard InChI is InChI=1S/C14H26N2O3/c1-4-14(3,12(17)18)9-15-13(19)16-10(2)11-7-5-6-8-11/h10-11H,4-9H2,1-3H3,(H,17,18)(H2,15,16,19). The first kappa shape index (κ1) is 15.8. The lowest BCUT2D eigenvalue weighted by atomic mass is 9.88. The molecular weight excluding hydrogens is 244 g/mol. The van der Waals surface area contributed by atoms with Crippen molar-refractivity contribution in [2.24, 2.45) is 11.3 Å². The van der Waals surface area contributed by atoms with Crippen molar-refractivity contribution in [1.82, 2.24) is 10.6 Å². The second-order valence-corrected chi connectivity index (χ2v) is 5.88. The minimum Gasteiger partial charge on any atom is -0.481 e. The number of amides is 2. The molecule has 19 heavy (non-hydrogen) atoms. The molecule has 0 spiro atoms. The van der Waals surface area contributed by atoms with Crippen LogP contribution in [0.3, 0.4) is 0 Å². The maximum Gasteiger partial charge on any atom is 0.315 e. The molecule has 0 aliphatic heterocycles. The van der Waals surface area contributed by atoms with E-state index in [0.29, 0.717) is 12.3 Å². The summed E-state index contributed by atoms with van der Waals surface area (Å²) in [6, 6.07) is -0.111. The molecule has 1 aliphatic rings. The zero-order valence-electron chi connectivity index (χ0n) is 12.2. The van der Waals surface area contributed by atoms with Crippen molar-refractivity contribution in [3.8, 4) is 0 Å². The lowest BCUT2D eigenvalue weighted by Gasteiger charge is -2.25. The Labute approximate surface area is 115 Å². The van der Waals surface area contributed by atoms with Crippen LogP contribution in [-0.2, 0) is 4.79 Å². The minimum absolute atomic E-state index is 0.153. The molecule has 1 aliphatic carbocycles. The smallest absolute Gasteiger partial charge is 0.315 e. The first-order valence-electron chi connectivity index (χ1n) is 7.17. The Kier molecular flexibility index (Phi) is 5.63. The van der Waals surface area contributed by atoms with Crippen LogP contribution in [0, 0.1) is 11.3 Å². The summed E-state index contributed by atoms with van der Waals surface area (Å²) in [5.41, 5.74) is -0.895. The summed E-state index contributed by atoms with van der Waals surface area (Å²) in [6.07, 6.45) is 5.31. The van der Waals surface area contributed by atoms with E-state index in [4.69, 9.17) is 5.11 Å². The van der Waals surface area contributed by atoms with E-state index in [2.05, 4.69) is 10.6 Å². The first-order chi connectivity index (χ1) is 8.89. The molecule has 2 amide bonds. The van der Waals surface area contributed by atoms with Gasteiger partial charge >= 0.3 is 12.0 Å². The Bertz CT molecular complexity index is 327. The van der Waals surface area contributed by atoms with Crippen molar-refractivity contribution in [3.63, 3.8) is 0 Å². The maximum absolute atomic E-state index is 11.8. The second-order valence-electron chi connectivity index (χ2n) is 5.88. The van der Waals surface area contributed by atoms with Gasteiger partial charge in [0.2, 0.25) is 0 Å². The van der Waals surface area contributed by atoms with Crippen molar-refractivity contribution in [1.29, 1.82) is 0 Å². The predicted octanol–water partition coefficient (Wildman–Crippen LogP) is 2.37. The van der Waals surface area contributed by atoms with Crippen LogP contribution in [0.15, 0.2) is 0 Å². The SMILES string of the molecule is CCC(C)(CNC(=O)NC(C)C1CCCC1)C(=O)O. The van der Waals surface area contributed by atoms with Gasteiger partial charge in [0.25, 0.3) is 0 Å². The van der Waals surface area contributed by atoms with Gasteiger partial charge in [0.15, 0.2) is 0 Å². The molecule has 0 aromatic rings. The van der Waals surface area contributed by atoms with E-state index in [1.807, 2.05) is 13.8 Å². The number of rotatable bonds is 6. The number of urea groups is 1. The molecule has 0 bridgehead atoms. The Hall–Kier alpha value is -1.26. The number of carbonyl (C=O) groups is 2. The highest BCUT2D eigenvalue weighted by atomic mass is 16.4. The number of nitrogens with one attached hydrogen (secondary N) is 2. The highest BCUT2D eigenvalue weighted by molar-refractivity contribution is 5.77. The highest BCUT2D eigenvalue weighted by Crippen LogP contribution is 2.27. The number of hydrogen-bond donors (Lipinski definition) is 3. The summed E-state index contributed by atoms with van der Waals surface area (Å²) in [7, 11) is 0.